The zero-order valence-corrected chi connectivity index (χ0v) is 10.5. The quantitative estimate of drug-likeness (QED) is 0.492. The van der Waals surface area contributed by atoms with Crippen LogP contribution in [0.2, 0.25) is 0 Å². The first-order valence-corrected chi connectivity index (χ1v) is 5.64. The highest BCUT2D eigenvalue weighted by molar-refractivity contribution is 4.99. The van der Waals surface area contributed by atoms with Crippen LogP contribution in [0.5, 0.6) is 0 Å². The van der Waals surface area contributed by atoms with Gasteiger partial charge >= 0.3 is 0 Å². The van der Waals surface area contributed by atoms with Gasteiger partial charge in [-0.2, -0.15) is 0 Å². The molecule has 0 rings (SSSR count). The minimum atomic E-state index is 0.459. The molecular formula is C14H24O. The summed E-state index contributed by atoms with van der Waals surface area (Å²) >= 11 is 0. The molecule has 1 unspecified atom stereocenters. The lowest BCUT2D eigenvalue weighted by Crippen LogP contribution is -1.94. The molecule has 1 nitrogen and oxygen atoms in total. The van der Waals surface area contributed by atoms with Crippen molar-refractivity contribution in [1.29, 1.82) is 0 Å². The van der Waals surface area contributed by atoms with Gasteiger partial charge in [0.25, 0.3) is 0 Å². The Morgan fingerprint density at radius 1 is 1.07 bits per heavy atom. The molecule has 15 heavy (non-hydrogen) atoms. The van der Waals surface area contributed by atoms with E-state index in [1.165, 1.54) is 17.4 Å². The Balaban J connectivity index is 4.05. The molecule has 0 saturated heterocycles. The second kappa shape index (κ2) is 8.34. The molecule has 0 bridgehead atoms. The molecule has 0 spiro atoms. The molecule has 0 aliphatic heterocycles. The summed E-state index contributed by atoms with van der Waals surface area (Å²) < 4.78 is 0. The lowest BCUT2D eigenvalue weighted by atomic mass is 9.97. The van der Waals surface area contributed by atoms with E-state index in [0.717, 1.165) is 19.3 Å². The van der Waals surface area contributed by atoms with Gasteiger partial charge in [0.05, 0.1) is 6.26 Å². The smallest absolute Gasteiger partial charge is 0.0754 e. The van der Waals surface area contributed by atoms with Crippen LogP contribution in [0, 0.1) is 5.92 Å². The maximum Gasteiger partial charge on any atom is 0.0754 e. The SMILES string of the molecule is CC(C)=CCCC(C=CO)CC=C(C)C. The monoisotopic (exact) mass is 208 g/mol. The molecule has 0 heterocycles. The highest BCUT2D eigenvalue weighted by Gasteiger charge is 2.01. The summed E-state index contributed by atoms with van der Waals surface area (Å²) in [6.07, 6.45) is 10.8. The zero-order valence-electron chi connectivity index (χ0n) is 10.5. The van der Waals surface area contributed by atoms with Crippen molar-refractivity contribution in [2.24, 2.45) is 5.92 Å². The van der Waals surface area contributed by atoms with E-state index >= 15 is 0 Å². The van der Waals surface area contributed by atoms with Crippen LogP contribution in [0.1, 0.15) is 47.0 Å². The highest BCUT2D eigenvalue weighted by Crippen LogP contribution is 2.15. The van der Waals surface area contributed by atoms with E-state index in [-0.39, 0.29) is 0 Å². The van der Waals surface area contributed by atoms with Crippen molar-refractivity contribution in [3.8, 4) is 0 Å². The molecule has 0 aromatic carbocycles. The molecule has 1 N–H and O–H groups in total. The van der Waals surface area contributed by atoms with Crippen LogP contribution in [-0.2, 0) is 0 Å². The highest BCUT2D eigenvalue weighted by atomic mass is 16.2. The first-order valence-electron chi connectivity index (χ1n) is 5.64. The standard InChI is InChI=1S/C14H24O/c1-12(2)6-5-7-14(10-11-15)9-8-13(3)4/h6,8,10-11,14-15H,5,7,9H2,1-4H3. The van der Waals surface area contributed by atoms with Gasteiger partial charge in [0.1, 0.15) is 0 Å². The third-order valence-electron chi connectivity index (χ3n) is 2.28. The summed E-state index contributed by atoms with van der Waals surface area (Å²) in [6, 6.07) is 0. The second-order valence-corrected chi connectivity index (χ2v) is 4.48. The zero-order chi connectivity index (χ0) is 11.7. The normalized spacial score (nSPS) is 12.5. The van der Waals surface area contributed by atoms with Gasteiger partial charge in [0.15, 0.2) is 0 Å². The Bertz CT molecular complexity index is 238. The third-order valence-corrected chi connectivity index (χ3v) is 2.28. The number of aliphatic hydroxyl groups is 1. The van der Waals surface area contributed by atoms with E-state index in [2.05, 4.69) is 39.8 Å². The lowest BCUT2D eigenvalue weighted by Gasteiger charge is -2.08. The van der Waals surface area contributed by atoms with E-state index in [9.17, 15) is 0 Å². The molecule has 1 heteroatoms. The predicted octanol–water partition coefficient (Wildman–Crippen LogP) is 4.78. The molecule has 0 aliphatic rings. The summed E-state index contributed by atoms with van der Waals surface area (Å²) in [6.45, 7) is 8.45. The summed E-state index contributed by atoms with van der Waals surface area (Å²) in [4.78, 5) is 0. The van der Waals surface area contributed by atoms with E-state index in [1.54, 1.807) is 0 Å². The van der Waals surface area contributed by atoms with Gasteiger partial charge < -0.3 is 5.11 Å². The Morgan fingerprint density at radius 2 is 1.67 bits per heavy atom. The van der Waals surface area contributed by atoms with Crippen molar-refractivity contribution in [3.05, 3.63) is 35.6 Å². The van der Waals surface area contributed by atoms with Gasteiger partial charge in [-0.3, -0.25) is 0 Å². The van der Waals surface area contributed by atoms with Crippen LogP contribution in [-0.4, -0.2) is 5.11 Å². The summed E-state index contributed by atoms with van der Waals surface area (Å²) in [7, 11) is 0. The third kappa shape index (κ3) is 9.33. The largest absolute Gasteiger partial charge is 0.516 e. The fourth-order valence-corrected chi connectivity index (χ4v) is 1.39. The van der Waals surface area contributed by atoms with Gasteiger partial charge in [0.2, 0.25) is 0 Å². The van der Waals surface area contributed by atoms with Crippen molar-refractivity contribution in [2.75, 3.05) is 0 Å². The van der Waals surface area contributed by atoms with E-state index in [1.807, 2.05) is 6.08 Å². The van der Waals surface area contributed by atoms with Gasteiger partial charge in [-0.25, -0.2) is 0 Å². The number of allylic oxidation sites excluding steroid dienone is 5. The number of rotatable bonds is 6. The first kappa shape index (κ1) is 14.0. The molecule has 0 aromatic rings. The van der Waals surface area contributed by atoms with Crippen molar-refractivity contribution in [3.63, 3.8) is 0 Å². The van der Waals surface area contributed by atoms with Gasteiger partial charge in [-0.15, -0.1) is 0 Å². The second-order valence-electron chi connectivity index (χ2n) is 4.48. The van der Waals surface area contributed by atoms with Crippen LogP contribution in [0.4, 0.5) is 0 Å². The molecule has 0 saturated carbocycles. The number of hydrogen-bond acceptors (Lipinski definition) is 1. The van der Waals surface area contributed by atoms with Crippen LogP contribution in [0.25, 0.3) is 0 Å². The number of hydrogen-bond donors (Lipinski definition) is 1. The molecule has 0 aliphatic carbocycles. The molecule has 0 aromatic heterocycles. The molecule has 0 radical (unpaired) electrons. The van der Waals surface area contributed by atoms with Gasteiger partial charge in [-0.1, -0.05) is 23.3 Å². The Hall–Kier alpha value is -0.980. The van der Waals surface area contributed by atoms with Crippen LogP contribution >= 0.6 is 0 Å². The molecule has 86 valence electrons. The summed E-state index contributed by atoms with van der Waals surface area (Å²) in [5, 5.41) is 8.79. The fraction of sp³-hybridized carbons (Fsp3) is 0.571. The predicted molar refractivity (Wildman–Crippen MR) is 68.0 cm³/mol. The Labute approximate surface area is 94.2 Å². The minimum Gasteiger partial charge on any atom is -0.516 e. The molecule has 0 amide bonds. The summed E-state index contributed by atoms with van der Waals surface area (Å²) in [5.74, 6) is 0.459. The van der Waals surface area contributed by atoms with Crippen LogP contribution in [0.15, 0.2) is 35.6 Å². The Morgan fingerprint density at radius 3 is 2.13 bits per heavy atom. The van der Waals surface area contributed by atoms with E-state index in [4.69, 9.17) is 5.11 Å². The number of aliphatic hydroxyl groups excluding tert-OH is 1. The van der Waals surface area contributed by atoms with Gasteiger partial charge in [0, 0.05) is 0 Å². The maximum absolute atomic E-state index is 8.79. The maximum atomic E-state index is 8.79. The lowest BCUT2D eigenvalue weighted by molar-refractivity contribution is 0.460. The molecule has 0 fully saturated rings. The fourth-order valence-electron chi connectivity index (χ4n) is 1.39. The molecular weight excluding hydrogens is 184 g/mol. The average molecular weight is 208 g/mol. The summed E-state index contributed by atoms with van der Waals surface area (Å²) in [5.41, 5.74) is 2.71. The topological polar surface area (TPSA) is 20.2 Å². The van der Waals surface area contributed by atoms with E-state index in [0.29, 0.717) is 5.92 Å². The van der Waals surface area contributed by atoms with Crippen molar-refractivity contribution >= 4 is 0 Å². The van der Waals surface area contributed by atoms with Crippen LogP contribution < -0.4 is 0 Å². The van der Waals surface area contributed by atoms with Crippen LogP contribution in [0.3, 0.4) is 0 Å². The first-order chi connectivity index (χ1) is 7.06. The van der Waals surface area contributed by atoms with Crippen molar-refractivity contribution in [1.82, 2.24) is 0 Å². The van der Waals surface area contributed by atoms with Crippen molar-refractivity contribution < 1.29 is 5.11 Å². The molecule has 1 atom stereocenters. The average Bonchev–Trinajstić information content (AvgIpc) is 2.13. The Kier molecular flexibility index (Phi) is 7.79. The van der Waals surface area contributed by atoms with E-state index < -0.39 is 0 Å². The van der Waals surface area contributed by atoms with Crippen molar-refractivity contribution in [2.45, 2.75) is 47.0 Å². The van der Waals surface area contributed by atoms with Gasteiger partial charge in [-0.05, 0) is 59.0 Å². The minimum absolute atomic E-state index is 0.459.